The van der Waals surface area contributed by atoms with Gasteiger partial charge in [0.1, 0.15) is 5.15 Å². The number of nitrogens with two attached hydrogens (primary N) is 1. The first-order chi connectivity index (χ1) is 5.24. The van der Waals surface area contributed by atoms with Gasteiger partial charge in [0.15, 0.2) is 0 Å². The minimum absolute atomic E-state index is 0.496. The highest BCUT2D eigenvalue weighted by Gasteiger charge is 1.98. The Labute approximate surface area is 78.9 Å². The van der Waals surface area contributed by atoms with E-state index in [0.717, 1.165) is 16.6 Å². The number of hydrogen-bond acceptors (Lipinski definition) is 2. The first-order valence-electron chi connectivity index (χ1n) is 3.25. The minimum atomic E-state index is 0.496. The second-order valence-corrected chi connectivity index (χ2v) is 3.33. The number of nitrogens with zero attached hydrogens (tertiary/aromatic N) is 1. The smallest absolute Gasteiger partial charge is 0.143 e. The Balaban J connectivity index is 2.86. The predicted molar refractivity (Wildman–Crippen MR) is 49.7 cm³/mol. The monoisotopic (exact) mass is 234 g/mol. The molecule has 1 aromatic heterocycles. The van der Waals surface area contributed by atoms with Gasteiger partial charge in [-0.05, 0) is 34.6 Å². The van der Waals surface area contributed by atoms with Crippen molar-refractivity contribution in [2.24, 2.45) is 5.73 Å². The summed E-state index contributed by atoms with van der Waals surface area (Å²) in [6, 6.07) is 3.78. The topological polar surface area (TPSA) is 38.9 Å². The second kappa shape index (κ2) is 4.04. The Morgan fingerprint density at radius 3 is 2.82 bits per heavy atom. The zero-order valence-corrected chi connectivity index (χ0v) is 8.19. The van der Waals surface area contributed by atoms with Crippen molar-refractivity contribution in [2.75, 3.05) is 6.54 Å². The zero-order valence-electron chi connectivity index (χ0n) is 5.85. The van der Waals surface area contributed by atoms with Gasteiger partial charge in [0.05, 0.1) is 4.47 Å². The van der Waals surface area contributed by atoms with E-state index in [2.05, 4.69) is 20.9 Å². The summed E-state index contributed by atoms with van der Waals surface area (Å²) in [5.74, 6) is 0. The van der Waals surface area contributed by atoms with Crippen LogP contribution in [0.1, 0.15) is 5.69 Å². The van der Waals surface area contributed by atoms with Crippen LogP contribution in [0.5, 0.6) is 0 Å². The van der Waals surface area contributed by atoms with Crippen molar-refractivity contribution in [2.45, 2.75) is 6.42 Å². The molecule has 0 unspecified atom stereocenters. The Bertz CT molecular complexity index is 252. The molecule has 0 aromatic carbocycles. The molecule has 60 valence electrons. The first kappa shape index (κ1) is 8.97. The van der Waals surface area contributed by atoms with Crippen molar-refractivity contribution in [3.8, 4) is 0 Å². The van der Waals surface area contributed by atoms with Crippen LogP contribution in [0.15, 0.2) is 16.6 Å². The fraction of sp³-hybridized carbons (Fsp3) is 0.286. The number of hydrogen-bond donors (Lipinski definition) is 1. The summed E-state index contributed by atoms with van der Waals surface area (Å²) in [5.41, 5.74) is 6.29. The molecule has 0 saturated heterocycles. The Kier molecular flexibility index (Phi) is 3.30. The van der Waals surface area contributed by atoms with Gasteiger partial charge in [-0.1, -0.05) is 11.6 Å². The maximum absolute atomic E-state index is 5.75. The van der Waals surface area contributed by atoms with Crippen LogP contribution in [0.3, 0.4) is 0 Å². The maximum Gasteiger partial charge on any atom is 0.143 e. The average molecular weight is 236 g/mol. The molecule has 11 heavy (non-hydrogen) atoms. The summed E-state index contributed by atoms with van der Waals surface area (Å²) in [5, 5.41) is 0.496. The van der Waals surface area contributed by atoms with Gasteiger partial charge in [0.2, 0.25) is 0 Å². The molecule has 0 aliphatic heterocycles. The Morgan fingerprint density at radius 2 is 2.27 bits per heavy atom. The summed E-state index contributed by atoms with van der Waals surface area (Å²) >= 11 is 9.01. The van der Waals surface area contributed by atoms with Crippen molar-refractivity contribution >= 4 is 27.5 Å². The van der Waals surface area contributed by atoms with Gasteiger partial charge in [0.25, 0.3) is 0 Å². The van der Waals surface area contributed by atoms with E-state index < -0.39 is 0 Å². The highest BCUT2D eigenvalue weighted by Crippen LogP contribution is 2.19. The molecule has 1 rings (SSSR count). The first-order valence-corrected chi connectivity index (χ1v) is 4.42. The molecule has 1 aromatic rings. The molecule has 1 heterocycles. The molecule has 0 bridgehead atoms. The van der Waals surface area contributed by atoms with Gasteiger partial charge in [-0.15, -0.1) is 0 Å². The third-order valence-electron chi connectivity index (χ3n) is 1.26. The van der Waals surface area contributed by atoms with Crippen LogP contribution in [0, 0.1) is 0 Å². The lowest BCUT2D eigenvalue weighted by molar-refractivity contribution is 0.922. The van der Waals surface area contributed by atoms with Crippen LogP contribution in [-0.4, -0.2) is 11.5 Å². The second-order valence-electron chi connectivity index (χ2n) is 2.11. The Morgan fingerprint density at radius 1 is 1.55 bits per heavy atom. The summed E-state index contributed by atoms with van der Waals surface area (Å²) < 4.78 is 0.819. The van der Waals surface area contributed by atoms with E-state index >= 15 is 0 Å². The third-order valence-corrected chi connectivity index (χ3v) is 2.42. The Hall–Kier alpha value is -0.120. The molecule has 2 N–H and O–H groups in total. The number of halogens is 2. The van der Waals surface area contributed by atoms with Gasteiger partial charge in [0, 0.05) is 12.1 Å². The lowest BCUT2D eigenvalue weighted by Gasteiger charge is -1.99. The van der Waals surface area contributed by atoms with Crippen molar-refractivity contribution < 1.29 is 0 Å². The van der Waals surface area contributed by atoms with Crippen LogP contribution in [-0.2, 0) is 6.42 Å². The van der Waals surface area contributed by atoms with Gasteiger partial charge < -0.3 is 5.73 Å². The largest absolute Gasteiger partial charge is 0.330 e. The normalized spacial score (nSPS) is 10.1. The van der Waals surface area contributed by atoms with E-state index in [1.165, 1.54) is 0 Å². The van der Waals surface area contributed by atoms with E-state index in [0.29, 0.717) is 11.7 Å². The van der Waals surface area contributed by atoms with E-state index in [-0.39, 0.29) is 0 Å². The highest BCUT2D eigenvalue weighted by molar-refractivity contribution is 9.10. The van der Waals surface area contributed by atoms with Crippen molar-refractivity contribution in [1.29, 1.82) is 0 Å². The summed E-state index contributed by atoms with van der Waals surface area (Å²) in [6.45, 7) is 0.602. The molecule has 2 nitrogen and oxygen atoms in total. The zero-order chi connectivity index (χ0) is 8.27. The number of rotatable bonds is 2. The molecule has 0 atom stereocenters. The molecular formula is C7H8BrClN2. The van der Waals surface area contributed by atoms with Crippen LogP contribution in [0.2, 0.25) is 5.15 Å². The van der Waals surface area contributed by atoms with Crippen molar-refractivity contribution in [3.63, 3.8) is 0 Å². The van der Waals surface area contributed by atoms with E-state index in [1.54, 1.807) is 0 Å². The molecule has 0 radical (unpaired) electrons. The summed E-state index contributed by atoms with van der Waals surface area (Å²) in [7, 11) is 0. The molecule has 4 heteroatoms. The van der Waals surface area contributed by atoms with Gasteiger partial charge in [-0.25, -0.2) is 4.98 Å². The summed E-state index contributed by atoms with van der Waals surface area (Å²) in [6.07, 6.45) is 0.771. The van der Waals surface area contributed by atoms with Crippen LogP contribution in [0.25, 0.3) is 0 Å². The molecule has 0 fully saturated rings. The highest BCUT2D eigenvalue weighted by atomic mass is 79.9. The average Bonchev–Trinajstić information content (AvgIpc) is 1.98. The lowest BCUT2D eigenvalue weighted by Crippen LogP contribution is -2.04. The van der Waals surface area contributed by atoms with Gasteiger partial charge in [-0.2, -0.15) is 0 Å². The van der Waals surface area contributed by atoms with Gasteiger partial charge >= 0.3 is 0 Å². The predicted octanol–water partition coefficient (Wildman–Crippen LogP) is 2.00. The maximum atomic E-state index is 5.75. The molecule has 0 spiro atoms. The minimum Gasteiger partial charge on any atom is -0.330 e. The fourth-order valence-electron chi connectivity index (χ4n) is 0.742. The van der Waals surface area contributed by atoms with Crippen LogP contribution in [0.4, 0.5) is 0 Å². The standard InChI is InChI=1S/C7H8BrClN2/c8-6-2-1-5(3-4-10)11-7(6)9/h1-2H,3-4,10H2. The summed E-state index contributed by atoms with van der Waals surface area (Å²) in [4.78, 5) is 4.10. The van der Waals surface area contributed by atoms with Crippen LogP contribution < -0.4 is 5.73 Å². The van der Waals surface area contributed by atoms with E-state index in [9.17, 15) is 0 Å². The third kappa shape index (κ3) is 2.43. The number of pyridine rings is 1. The van der Waals surface area contributed by atoms with Crippen LogP contribution >= 0.6 is 27.5 Å². The van der Waals surface area contributed by atoms with E-state index in [4.69, 9.17) is 17.3 Å². The van der Waals surface area contributed by atoms with Crippen molar-refractivity contribution in [1.82, 2.24) is 4.98 Å². The lowest BCUT2D eigenvalue weighted by atomic mass is 10.3. The molecule has 0 aliphatic rings. The van der Waals surface area contributed by atoms with Crippen molar-refractivity contribution in [3.05, 3.63) is 27.5 Å². The van der Waals surface area contributed by atoms with E-state index in [1.807, 2.05) is 12.1 Å². The van der Waals surface area contributed by atoms with Gasteiger partial charge in [-0.3, -0.25) is 0 Å². The molecular weight excluding hydrogens is 227 g/mol. The fourth-order valence-corrected chi connectivity index (χ4v) is 1.13. The molecule has 0 aliphatic carbocycles. The molecule has 0 saturated carbocycles. The number of aromatic nitrogens is 1. The SMILES string of the molecule is NCCc1ccc(Br)c(Cl)n1. The quantitative estimate of drug-likeness (QED) is 0.797. The molecule has 0 amide bonds.